The first-order valence-electron chi connectivity index (χ1n) is 9.93. The molecule has 3 rings (SSSR count). The molecule has 1 fully saturated rings. The normalized spacial score (nSPS) is 15.0. The van der Waals surface area contributed by atoms with Gasteiger partial charge in [0.2, 0.25) is 5.91 Å². The summed E-state index contributed by atoms with van der Waals surface area (Å²) in [5, 5.41) is 11.7. The number of carbonyl (C=O) groups excluding carboxylic acids is 1. The summed E-state index contributed by atoms with van der Waals surface area (Å²) < 4.78 is 41.7. The van der Waals surface area contributed by atoms with E-state index in [4.69, 9.17) is 11.6 Å². The molecule has 31 heavy (non-hydrogen) atoms. The maximum absolute atomic E-state index is 13.1. The Bertz CT molecular complexity index is 1110. The second-order valence-corrected chi connectivity index (χ2v) is 8.17. The molecule has 1 amide bonds. The maximum Gasteiger partial charge on any atom is 0.417 e. The van der Waals surface area contributed by atoms with Crippen LogP contribution in [0.2, 0.25) is 5.02 Å². The number of hydrogen-bond acceptors (Lipinski definition) is 3. The van der Waals surface area contributed by atoms with E-state index in [1.807, 2.05) is 11.5 Å². The van der Waals surface area contributed by atoms with Gasteiger partial charge in [-0.05, 0) is 38.3 Å². The number of nitriles is 1. The van der Waals surface area contributed by atoms with Gasteiger partial charge in [0.05, 0.1) is 11.1 Å². The SMILES string of the molecule is Cc1c(C#N)c(NC(=O)Cn2cc(C(F)(F)F)cc(Cl)c2=O)n(C2CCCCC2)c1C. The molecule has 1 aliphatic carbocycles. The number of halogens is 4. The van der Waals surface area contributed by atoms with Crippen molar-refractivity contribution in [1.82, 2.24) is 9.13 Å². The standard InChI is InChI=1S/C21H22ClF3N4O2/c1-12-13(2)29(15-6-4-3-5-7-15)19(16(12)9-26)27-18(30)11-28-10-14(21(23,24)25)8-17(22)20(28)31/h8,10,15H,3-7,11H2,1-2H3,(H,27,30). The van der Waals surface area contributed by atoms with Gasteiger partial charge in [-0.2, -0.15) is 18.4 Å². The first-order chi connectivity index (χ1) is 14.5. The second kappa shape index (κ2) is 8.79. The van der Waals surface area contributed by atoms with Gasteiger partial charge in [0.1, 0.15) is 23.5 Å². The van der Waals surface area contributed by atoms with Gasteiger partial charge < -0.3 is 14.5 Å². The van der Waals surface area contributed by atoms with Gasteiger partial charge in [0.15, 0.2) is 0 Å². The molecule has 2 aromatic rings. The Hall–Kier alpha value is -2.73. The molecule has 0 aliphatic heterocycles. The summed E-state index contributed by atoms with van der Waals surface area (Å²) >= 11 is 5.66. The molecule has 0 radical (unpaired) electrons. The number of carbonyl (C=O) groups is 1. The minimum absolute atomic E-state index is 0.121. The Morgan fingerprint density at radius 1 is 1.29 bits per heavy atom. The number of pyridine rings is 1. The number of amides is 1. The van der Waals surface area contributed by atoms with Crippen LogP contribution in [0.4, 0.5) is 19.0 Å². The molecule has 0 unspecified atom stereocenters. The van der Waals surface area contributed by atoms with Crippen molar-refractivity contribution in [3.8, 4) is 6.07 Å². The summed E-state index contributed by atoms with van der Waals surface area (Å²) in [6.45, 7) is 3.00. The Balaban J connectivity index is 1.94. The number of aromatic nitrogens is 2. The summed E-state index contributed by atoms with van der Waals surface area (Å²) in [7, 11) is 0. The molecule has 2 aromatic heterocycles. The minimum Gasteiger partial charge on any atom is -0.327 e. The van der Waals surface area contributed by atoms with E-state index >= 15 is 0 Å². The van der Waals surface area contributed by atoms with Gasteiger partial charge in [0.25, 0.3) is 5.56 Å². The zero-order chi connectivity index (χ0) is 22.9. The Morgan fingerprint density at radius 3 is 2.52 bits per heavy atom. The Kier molecular flexibility index (Phi) is 6.51. The first-order valence-corrected chi connectivity index (χ1v) is 10.3. The predicted molar refractivity (Wildman–Crippen MR) is 110 cm³/mol. The fraction of sp³-hybridized carbons (Fsp3) is 0.476. The summed E-state index contributed by atoms with van der Waals surface area (Å²) in [6, 6.07) is 2.76. The average Bonchev–Trinajstić information content (AvgIpc) is 2.94. The first kappa shape index (κ1) is 22.9. The molecular formula is C21H22ClF3N4O2. The topological polar surface area (TPSA) is 79.8 Å². The van der Waals surface area contributed by atoms with Crippen molar-refractivity contribution in [3.63, 3.8) is 0 Å². The molecule has 0 spiro atoms. The van der Waals surface area contributed by atoms with Crippen LogP contribution in [0.15, 0.2) is 17.1 Å². The lowest BCUT2D eigenvalue weighted by Crippen LogP contribution is -2.30. The minimum atomic E-state index is -4.71. The van der Waals surface area contributed by atoms with Crippen LogP contribution in [0.5, 0.6) is 0 Å². The summed E-state index contributed by atoms with van der Waals surface area (Å²) in [5.41, 5.74) is -0.119. The van der Waals surface area contributed by atoms with Gasteiger partial charge in [-0.3, -0.25) is 9.59 Å². The van der Waals surface area contributed by atoms with Crippen LogP contribution in [0, 0.1) is 25.2 Å². The molecule has 1 N–H and O–H groups in total. The second-order valence-electron chi connectivity index (χ2n) is 7.76. The van der Waals surface area contributed by atoms with Crippen LogP contribution in [-0.4, -0.2) is 15.0 Å². The third-order valence-electron chi connectivity index (χ3n) is 5.75. The molecule has 1 saturated carbocycles. The van der Waals surface area contributed by atoms with Gasteiger partial charge in [-0.25, -0.2) is 0 Å². The fourth-order valence-corrected chi connectivity index (χ4v) is 4.31. The van der Waals surface area contributed by atoms with Gasteiger partial charge >= 0.3 is 6.18 Å². The smallest absolute Gasteiger partial charge is 0.327 e. The molecule has 1 aliphatic rings. The van der Waals surface area contributed by atoms with E-state index in [1.165, 1.54) is 0 Å². The summed E-state index contributed by atoms with van der Waals surface area (Å²) in [5.74, 6) is -0.399. The Labute approximate surface area is 182 Å². The molecule has 166 valence electrons. The highest BCUT2D eigenvalue weighted by molar-refractivity contribution is 6.30. The van der Waals surface area contributed by atoms with Crippen LogP contribution in [-0.2, 0) is 17.5 Å². The number of hydrogen-bond donors (Lipinski definition) is 1. The van der Waals surface area contributed by atoms with E-state index < -0.39 is 34.8 Å². The van der Waals surface area contributed by atoms with E-state index in [0.29, 0.717) is 28.2 Å². The zero-order valence-corrected chi connectivity index (χ0v) is 17.9. The highest BCUT2D eigenvalue weighted by atomic mass is 35.5. The predicted octanol–water partition coefficient (Wildman–Crippen LogP) is 4.95. The molecule has 0 aromatic carbocycles. The highest BCUT2D eigenvalue weighted by Gasteiger charge is 2.32. The maximum atomic E-state index is 13.1. The van der Waals surface area contributed by atoms with Crippen LogP contribution in [0.1, 0.15) is 60.5 Å². The number of rotatable bonds is 4. The number of nitrogens with one attached hydrogen (secondary N) is 1. The van der Waals surface area contributed by atoms with Crippen molar-refractivity contribution >= 4 is 23.3 Å². The summed E-state index contributed by atoms with van der Waals surface area (Å²) in [6.07, 6.45) is 0.866. The van der Waals surface area contributed by atoms with Crippen LogP contribution >= 0.6 is 11.6 Å². The average molecular weight is 455 g/mol. The van der Waals surface area contributed by atoms with Crippen molar-refractivity contribution in [2.45, 2.75) is 64.7 Å². The van der Waals surface area contributed by atoms with E-state index in [2.05, 4.69) is 11.4 Å². The van der Waals surface area contributed by atoms with Gasteiger partial charge in [-0.15, -0.1) is 0 Å². The number of alkyl halides is 3. The van der Waals surface area contributed by atoms with E-state index in [-0.39, 0.29) is 6.04 Å². The van der Waals surface area contributed by atoms with E-state index in [0.717, 1.165) is 43.4 Å². The van der Waals surface area contributed by atoms with Gasteiger partial charge in [0, 0.05) is 17.9 Å². The monoisotopic (exact) mass is 454 g/mol. The third-order valence-corrected chi connectivity index (χ3v) is 6.02. The van der Waals surface area contributed by atoms with Crippen LogP contribution < -0.4 is 10.9 Å². The number of anilines is 1. The molecular weight excluding hydrogens is 433 g/mol. The van der Waals surface area contributed by atoms with E-state index in [9.17, 15) is 28.0 Å². The van der Waals surface area contributed by atoms with Crippen molar-refractivity contribution in [2.24, 2.45) is 0 Å². The largest absolute Gasteiger partial charge is 0.417 e. The lowest BCUT2D eigenvalue weighted by atomic mass is 9.95. The molecule has 0 saturated heterocycles. The lowest BCUT2D eigenvalue weighted by Gasteiger charge is -2.27. The zero-order valence-electron chi connectivity index (χ0n) is 17.1. The number of nitrogens with zero attached hydrogens (tertiary/aromatic N) is 3. The van der Waals surface area contributed by atoms with Crippen molar-refractivity contribution in [1.29, 1.82) is 5.26 Å². The highest BCUT2D eigenvalue weighted by Crippen LogP contribution is 2.37. The Morgan fingerprint density at radius 2 is 1.94 bits per heavy atom. The van der Waals surface area contributed by atoms with Crippen molar-refractivity contribution < 1.29 is 18.0 Å². The van der Waals surface area contributed by atoms with Crippen molar-refractivity contribution in [2.75, 3.05) is 5.32 Å². The molecule has 6 nitrogen and oxygen atoms in total. The third kappa shape index (κ3) is 4.64. The van der Waals surface area contributed by atoms with E-state index in [1.54, 1.807) is 6.92 Å². The van der Waals surface area contributed by atoms with Crippen molar-refractivity contribution in [3.05, 3.63) is 50.0 Å². The molecule has 2 heterocycles. The summed E-state index contributed by atoms with van der Waals surface area (Å²) in [4.78, 5) is 24.9. The van der Waals surface area contributed by atoms with Crippen LogP contribution in [0.3, 0.4) is 0 Å². The van der Waals surface area contributed by atoms with Gasteiger partial charge in [-0.1, -0.05) is 30.9 Å². The lowest BCUT2D eigenvalue weighted by molar-refractivity contribution is -0.138. The van der Waals surface area contributed by atoms with Crippen LogP contribution in [0.25, 0.3) is 0 Å². The molecule has 0 bridgehead atoms. The molecule has 10 heteroatoms. The quantitative estimate of drug-likeness (QED) is 0.709. The fourth-order valence-electron chi connectivity index (χ4n) is 4.08. The molecule has 0 atom stereocenters.